The molecule has 0 radical (unpaired) electrons. The number of nitrogens with zero attached hydrogens (tertiary/aromatic N) is 1. The van der Waals surface area contributed by atoms with Crippen molar-refractivity contribution in [2.75, 3.05) is 11.9 Å². The van der Waals surface area contributed by atoms with Crippen molar-refractivity contribution >= 4 is 52.2 Å². The largest absolute Gasteiger partial charge is 0.451 e. The number of amides is 1. The van der Waals surface area contributed by atoms with Gasteiger partial charge in [-0.2, -0.15) is 0 Å². The summed E-state index contributed by atoms with van der Waals surface area (Å²) in [5.74, 6) is -0.889. The fourth-order valence-electron chi connectivity index (χ4n) is 1.85. The Kier molecular flexibility index (Phi) is 5.98. The summed E-state index contributed by atoms with van der Waals surface area (Å²) in [5, 5.41) is 3.03. The standard InChI is InChI=1S/C15H14Cl2N2O3S/c1-3-9-4-12(23-8(9)2)15(21)22-7-13(20)19-14-11(17)5-10(16)6-18-14/h4-6H,3,7H2,1-2H3,(H,18,19,20). The molecule has 1 N–H and O–H groups in total. The molecule has 0 saturated heterocycles. The Bertz CT molecular complexity index is 746. The van der Waals surface area contributed by atoms with Gasteiger partial charge >= 0.3 is 5.97 Å². The Hall–Kier alpha value is -1.63. The molecule has 2 rings (SSSR count). The maximum Gasteiger partial charge on any atom is 0.348 e. The van der Waals surface area contributed by atoms with Crippen molar-refractivity contribution in [2.24, 2.45) is 0 Å². The van der Waals surface area contributed by atoms with Crippen molar-refractivity contribution in [3.05, 3.63) is 43.7 Å². The Morgan fingerprint density at radius 1 is 1.35 bits per heavy atom. The van der Waals surface area contributed by atoms with Gasteiger partial charge in [-0.15, -0.1) is 11.3 Å². The summed E-state index contributed by atoms with van der Waals surface area (Å²) in [6.07, 6.45) is 2.20. The fourth-order valence-corrected chi connectivity index (χ4v) is 3.28. The highest BCUT2D eigenvalue weighted by molar-refractivity contribution is 7.14. The average molecular weight is 373 g/mol. The highest BCUT2D eigenvalue weighted by Crippen LogP contribution is 2.23. The van der Waals surface area contributed by atoms with Crippen LogP contribution in [-0.4, -0.2) is 23.5 Å². The maximum absolute atomic E-state index is 11.9. The van der Waals surface area contributed by atoms with Gasteiger partial charge in [-0.05, 0) is 31.0 Å². The van der Waals surface area contributed by atoms with Crippen LogP contribution in [0, 0.1) is 6.92 Å². The summed E-state index contributed by atoms with van der Waals surface area (Å²) in [7, 11) is 0. The second-order valence-electron chi connectivity index (χ2n) is 4.65. The Balaban J connectivity index is 1.91. The molecule has 0 atom stereocenters. The van der Waals surface area contributed by atoms with Crippen LogP contribution in [0.4, 0.5) is 5.82 Å². The summed E-state index contributed by atoms with van der Waals surface area (Å²) >= 11 is 13.0. The molecule has 0 fully saturated rings. The van der Waals surface area contributed by atoms with Crippen LogP contribution in [0.15, 0.2) is 18.3 Å². The molecule has 2 aromatic heterocycles. The number of nitrogens with one attached hydrogen (secondary N) is 1. The third-order valence-electron chi connectivity index (χ3n) is 3.00. The van der Waals surface area contributed by atoms with Gasteiger partial charge in [0, 0.05) is 11.1 Å². The molecule has 122 valence electrons. The van der Waals surface area contributed by atoms with Crippen LogP contribution in [0.3, 0.4) is 0 Å². The zero-order chi connectivity index (χ0) is 17.0. The van der Waals surface area contributed by atoms with E-state index < -0.39 is 18.5 Å². The van der Waals surface area contributed by atoms with Crippen LogP contribution in [0.2, 0.25) is 10.0 Å². The number of thiophene rings is 1. The molecule has 2 heterocycles. The van der Waals surface area contributed by atoms with Gasteiger partial charge in [0.05, 0.1) is 10.0 Å². The number of esters is 1. The first kappa shape index (κ1) is 17.7. The van der Waals surface area contributed by atoms with Crippen molar-refractivity contribution < 1.29 is 14.3 Å². The summed E-state index contributed by atoms with van der Waals surface area (Å²) in [6, 6.07) is 3.25. The number of aromatic nitrogens is 1. The van der Waals surface area contributed by atoms with E-state index in [9.17, 15) is 9.59 Å². The van der Waals surface area contributed by atoms with Crippen LogP contribution < -0.4 is 5.32 Å². The van der Waals surface area contributed by atoms with Crippen molar-refractivity contribution in [3.8, 4) is 0 Å². The number of rotatable bonds is 5. The SMILES string of the molecule is CCc1cc(C(=O)OCC(=O)Nc2ncc(Cl)cc2Cl)sc1C. The van der Waals surface area contributed by atoms with Crippen molar-refractivity contribution in [3.63, 3.8) is 0 Å². The van der Waals surface area contributed by atoms with Gasteiger partial charge in [-0.1, -0.05) is 30.1 Å². The third-order valence-corrected chi connectivity index (χ3v) is 4.57. The molecule has 1 amide bonds. The van der Waals surface area contributed by atoms with Crippen molar-refractivity contribution in [1.29, 1.82) is 0 Å². The zero-order valence-corrected chi connectivity index (χ0v) is 14.8. The van der Waals surface area contributed by atoms with Crippen LogP contribution in [0.5, 0.6) is 0 Å². The monoisotopic (exact) mass is 372 g/mol. The van der Waals surface area contributed by atoms with Gasteiger partial charge in [-0.3, -0.25) is 4.79 Å². The maximum atomic E-state index is 11.9. The Morgan fingerprint density at radius 2 is 2.09 bits per heavy atom. The smallest absolute Gasteiger partial charge is 0.348 e. The molecule has 0 saturated carbocycles. The van der Waals surface area contributed by atoms with Crippen molar-refractivity contribution in [1.82, 2.24) is 4.98 Å². The predicted molar refractivity (Wildman–Crippen MR) is 91.6 cm³/mol. The minimum Gasteiger partial charge on any atom is -0.451 e. The molecule has 0 aliphatic rings. The molecular formula is C15H14Cl2N2O3S. The molecule has 0 aliphatic heterocycles. The van der Waals surface area contributed by atoms with Gasteiger partial charge in [0.1, 0.15) is 4.88 Å². The average Bonchev–Trinajstić information content (AvgIpc) is 2.89. The molecule has 0 spiro atoms. The van der Waals surface area contributed by atoms with Gasteiger partial charge in [0.15, 0.2) is 12.4 Å². The molecule has 2 aromatic rings. The lowest BCUT2D eigenvalue weighted by atomic mass is 10.2. The first-order chi connectivity index (χ1) is 10.9. The molecule has 5 nitrogen and oxygen atoms in total. The number of carbonyl (C=O) groups is 2. The summed E-state index contributed by atoms with van der Waals surface area (Å²) in [6.45, 7) is 3.54. The van der Waals surface area contributed by atoms with E-state index in [0.717, 1.165) is 16.9 Å². The summed E-state index contributed by atoms with van der Waals surface area (Å²) < 4.78 is 5.00. The van der Waals surface area contributed by atoms with E-state index in [1.807, 2.05) is 13.8 Å². The zero-order valence-electron chi connectivity index (χ0n) is 12.5. The van der Waals surface area contributed by atoms with Crippen LogP contribution >= 0.6 is 34.5 Å². The number of halogens is 2. The minimum atomic E-state index is -0.529. The molecule has 0 unspecified atom stereocenters. The van der Waals surface area contributed by atoms with E-state index in [1.165, 1.54) is 23.6 Å². The second kappa shape index (κ2) is 7.77. The quantitative estimate of drug-likeness (QED) is 0.801. The third kappa shape index (κ3) is 4.67. The van der Waals surface area contributed by atoms with Crippen LogP contribution in [0.1, 0.15) is 27.0 Å². The summed E-state index contributed by atoms with van der Waals surface area (Å²) in [4.78, 5) is 29.2. The Labute approximate surface area is 147 Å². The highest BCUT2D eigenvalue weighted by Gasteiger charge is 2.15. The van der Waals surface area contributed by atoms with E-state index in [0.29, 0.717) is 9.90 Å². The number of ether oxygens (including phenoxy) is 1. The number of anilines is 1. The van der Waals surface area contributed by atoms with E-state index in [-0.39, 0.29) is 10.8 Å². The normalized spacial score (nSPS) is 10.4. The van der Waals surface area contributed by atoms with E-state index >= 15 is 0 Å². The van der Waals surface area contributed by atoms with Gasteiger partial charge in [0.2, 0.25) is 0 Å². The highest BCUT2D eigenvalue weighted by atomic mass is 35.5. The number of pyridine rings is 1. The summed E-state index contributed by atoms with van der Waals surface area (Å²) in [5.41, 5.74) is 1.10. The fraction of sp³-hybridized carbons (Fsp3) is 0.267. The first-order valence-corrected chi connectivity index (χ1v) is 8.35. The topological polar surface area (TPSA) is 68.3 Å². The second-order valence-corrected chi connectivity index (χ2v) is 6.75. The van der Waals surface area contributed by atoms with Gasteiger partial charge in [-0.25, -0.2) is 9.78 Å². The van der Waals surface area contributed by atoms with Crippen LogP contribution in [-0.2, 0) is 16.0 Å². The molecule has 8 heteroatoms. The minimum absolute atomic E-state index is 0.164. The molecule has 0 bridgehead atoms. The number of hydrogen-bond acceptors (Lipinski definition) is 5. The van der Waals surface area contributed by atoms with Gasteiger partial charge < -0.3 is 10.1 Å². The lowest BCUT2D eigenvalue weighted by molar-refractivity contribution is -0.119. The van der Waals surface area contributed by atoms with E-state index in [2.05, 4.69) is 10.3 Å². The van der Waals surface area contributed by atoms with Gasteiger partial charge in [0.25, 0.3) is 5.91 Å². The lowest BCUT2D eigenvalue weighted by Gasteiger charge is -2.06. The van der Waals surface area contributed by atoms with Crippen molar-refractivity contribution in [2.45, 2.75) is 20.3 Å². The van der Waals surface area contributed by atoms with E-state index in [1.54, 1.807) is 6.07 Å². The molecule has 0 aromatic carbocycles. The first-order valence-electron chi connectivity index (χ1n) is 6.78. The molecular weight excluding hydrogens is 359 g/mol. The number of hydrogen-bond donors (Lipinski definition) is 1. The molecule has 23 heavy (non-hydrogen) atoms. The Morgan fingerprint density at radius 3 is 2.70 bits per heavy atom. The number of aryl methyl sites for hydroxylation is 2. The van der Waals surface area contributed by atoms with E-state index in [4.69, 9.17) is 27.9 Å². The van der Waals surface area contributed by atoms with Crippen LogP contribution in [0.25, 0.3) is 0 Å². The molecule has 0 aliphatic carbocycles. The lowest BCUT2D eigenvalue weighted by Crippen LogP contribution is -2.21. The predicted octanol–water partition coefficient (Wildman–Crippen LogP) is 4.12. The number of carbonyl (C=O) groups excluding carboxylic acids is 2.